The number of thiazole rings is 1. The summed E-state index contributed by atoms with van der Waals surface area (Å²) in [7, 11) is 3.27. The van der Waals surface area contributed by atoms with Crippen molar-refractivity contribution in [3.05, 3.63) is 52.5 Å². The van der Waals surface area contributed by atoms with Crippen LogP contribution < -0.4 is 10.1 Å². The van der Waals surface area contributed by atoms with Gasteiger partial charge in [0.2, 0.25) is 0 Å². The lowest BCUT2D eigenvalue weighted by atomic mass is 10.0. The van der Waals surface area contributed by atoms with Crippen LogP contribution in [0.25, 0.3) is 11.3 Å². The van der Waals surface area contributed by atoms with Gasteiger partial charge in [0.15, 0.2) is 5.13 Å². The molecule has 0 atom stereocenters. The zero-order chi connectivity index (χ0) is 20.8. The quantitative estimate of drug-likeness (QED) is 0.481. The monoisotopic (exact) mass is 415 g/mol. The van der Waals surface area contributed by atoms with Crippen molar-refractivity contribution in [2.75, 3.05) is 19.5 Å². The molecular formula is C22H26FN3O2S. The molecule has 2 aromatic heterocycles. The third kappa shape index (κ3) is 5.31. The zero-order valence-electron chi connectivity index (χ0n) is 17.2. The van der Waals surface area contributed by atoms with Gasteiger partial charge in [0.25, 0.3) is 0 Å². The summed E-state index contributed by atoms with van der Waals surface area (Å²) in [4.78, 5) is 10.4. The molecule has 0 saturated heterocycles. The molecule has 0 bridgehead atoms. The van der Waals surface area contributed by atoms with Gasteiger partial charge in [-0.05, 0) is 30.5 Å². The van der Waals surface area contributed by atoms with Crippen LogP contribution in [0.4, 0.5) is 15.3 Å². The fraction of sp³-hybridized carbons (Fsp3) is 0.364. The van der Waals surface area contributed by atoms with Crippen LogP contribution in [0.1, 0.15) is 29.9 Å². The summed E-state index contributed by atoms with van der Waals surface area (Å²) in [5.74, 6) is 1.93. The molecule has 0 aliphatic rings. The Morgan fingerprint density at radius 3 is 2.72 bits per heavy atom. The zero-order valence-corrected chi connectivity index (χ0v) is 18.0. The predicted octanol–water partition coefficient (Wildman–Crippen LogP) is 5.77. The number of methoxy groups -OCH3 is 2. The Bertz CT molecular complexity index is 959. The fourth-order valence-corrected chi connectivity index (χ4v) is 4.22. The lowest BCUT2D eigenvalue weighted by molar-refractivity contribution is 0.185. The van der Waals surface area contributed by atoms with Crippen molar-refractivity contribution in [1.29, 1.82) is 0 Å². The van der Waals surface area contributed by atoms with Crippen molar-refractivity contribution in [2.45, 2.75) is 33.5 Å². The summed E-state index contributed by atoms with van der Waals surface area (Å²) in [6.45, 7) is 4.17. The lowest BCUT2D eigenvalue weighted by Crippen LogP contribution is -2.01. The molecule has 0 radical (unpaired) electrons. The van der Waals surface area contributed by atoms with Crippen LogP contribution in [0.5, 0.6) is 5.75 Å². The molecule has 0 spiro atoms. The van der Waals surface area contributed by atoms with Gasteiger partial charge in [-0.15, -0.1) is 11.3 Å². The van der Waals surface area contributed by atoms with Crippen molar-refractivity contribution >= 4 is 22.3 Å². The molecule has 2 heterocycles. The minimum Gasteiger partial charge on any atom is -0.497 e. The van der Waals surface area contributed by atoms with Gasteiger partial charge in [-0.1, -0.05) is 26.0 Å². The summed E-state index contributed by atoms with van der Waals surface area (Å²) in [6.07, 6.45) is 2.46. The molecule has 1 N–H and O–H groups in total. The van der Waals surface area contributed by atoms with E-state index in [2.05, 4.69) is 24.1 Å². The molecule has 3 rings (SSSR count). The Labute approximate surface area is 174 Å². The molecule has 7 heteroatoms. The Morgan fingerprint density at radius 1 is 1.21 bits per heavy atom. The van der Waals surface area contributed by atoms with E-state index in [1.165, 1.54) is 11.1 Å². The number of benzene rings is 1. The molecule has 0 unspecified atom stereocenters. The van der Waals surface area contributed by atoms with Crippen LogP contribution >= 0.6 is 11.3 Å². The van der Waals surface area contributed by atoms with Crippen LogP contribution in [0.3, 0.4) is 0 Å². The molecule has 0 amide bonds. The van der Waals surface area contributed by atoms with Gasteiger partial charge in [-0.25, -0.2) is 14.4 Å². The highest BCUT2D eigenvalue weighted by Gasteiger charge is 2.16. The first-order valence-electron chi connectivity index (χ1n) is 9.47. The van der Waals surface area contributed by atoms with Crippen molar-refractivity contribution < 1.29 is 13.9 Å². The van der Waals surface area contributed by atoms with Crippen LogP contribution in [0.15, 0.2) is 36.5 Å². The number of hydrogen-bond donors (Lipinski definition) is 1. The summed E-state index contributed by atoms with van der Waals surface area (Å²) < 4.78 is 23.6. The fourth-order valence-electron chi connectivity index (χ4n) is 3.02. The highest BCUT2D eigenvalue weighted by atomic mass is 32.1. The van der Waals surface area contributed by atoms with Crippen LogP contribution in [-0.4, -0.2) is 24.2 Å². The third-order valence-corrected chi connectivity index (χ3v) is 5.33. The van der Waals surface area contributed by atoms with E-state index in [0.29, 0.717) is 23.9 Å². The van der Waals surface area contributed by atoms with E-state index in [1.807, 2.05) is 24.3 Å². The third-order valence-electron chi connectivity index (χ3n) is 4.34. The Morgan fingerprint density at radius 2 is 2.03 bits per heavy atom. The lowest BCUT2D eigenvalue weighted by Gasteiger charge is -2.09. The molecule has 0 aliphatic carbocycles. The molecular weight excluding hydrogens is 389 g/mol. The first-order valence-corrected chi connectivity index (χ1v) is 10.3. The average molecular weight is 416 g/mol. The maximum Gasteiger partial charge on any atom is 0.189 e. The maximum absolute atomic E-state index is 13.0. The van der Waals surface area contributed by atoms with Gasteiger partial charge >= 0.3 is 0 Å². The second-order valence-electron chi connectivity index (χ2n) is 7.16. The standard InChI is InChI=1S/C22H26FN3O2S/c1-14(2)8-19-20(16-6-5-7-18(10-16)28-4)25-22(29-19)26-21-17(13-27-3)9-15(11-23)12-24-21/h5-7,9-10,12,14H,8,11,13H2,1-4H3,(H,24,25,26). The number of ether oxygens (including phenoxy) is 2. The Kier molecular flexibility index (Phi) is 7.17. The average Bonchev–Trinajstić information content (AvgIpc) is 3.11. The van der Waals surface area contributed by atoms with Crippen molar-refractivity contribution in [1.82, 2.24) is 9.97 Å². The van der Waals surface area contributed by atoms with Gasteiger partial charge in [0.1, 0.15) is 18.2 Å². The van der Waals surface area contributed by atoms with Gasteiger partial charge in [-0.2, -0.15) is 0 Å². The molecule has 154 valence electrons. The molecule has 0 fully saturated rings. The smallest absolute Gasteiger partial charge is 0.189 e. The number of nitrogens with zero attached hydrogens (tertiary/aromatic N) is 2. The molecule has 5 nitrogen and oxygen atoms in total. The van der Waals surface area contributed by atoms with E-state index in [4.69, 9.17) is 14.5 Å². The predicted molar refractivity (Wildman–Crippen MR) is 116 cm³/mol. The highest BCUT2D eigenvalue weighted by Crippen LogP contribution is 2.35. The Balaban J connectivity index is 1.97. The minimum atomic E-state index is -0.556. The van der Waals surface area contributed by atoms with Gasteiger partial charge in [0, 0.05) is 34.9 Å². The van der Waals surface area contributed by atoms with Crippen LogP contribution in [-0.2, 0) is 24.4 Å². The van der Waals surface area contributed by atoms with Crippen molar-refractivity contribution in [2.24, 2.45) is 5.92 Å². The van der Waals surface area contributed by atoms with Gasteiger partial charge in [-0.3, -0.25) is 0 Å². The van der Waals surface area contributed by atoms with Crippen molar-refractivity contribution in [3.8, 4) is 17.0 Å². The number of halogens is 1. The largest absolute Gasteiger partial charge is 0.497 e. The van der Waals surface area contributed by atoms with E-state index in [0.717, 1.165) is 34.1 Å². The minimum absolute atomic E-state index is 0.343. The molecule has 1 aromatic carbocycles. The summed E-state index contributed by atoms with van der Waals surface area (Å²) >= 11 is 1.61. The first-order chi connectivity index (χ1) is 14.0. The number of aromatic nitrogens is 2. The SMILES string of the molecule is COCc1cc(CF)cnc1Nc1nc(-c2cccc(OC)c2)c(CC(C)C)s1. The number of nitrogens with one attached hydrogen (secondary N) is 1. The molecule has 0 saturated carbocycles. The number of anilines is 2. The Hall–Kier alpha value is -2.51. The van der Waals surface area contributed by atoms with E-state index in [1.54, 1.807) is 31.6 Å². The maximum atomic E-state index is 13.0. The van der Waals surface area contributed by atoms with Gasteiger partial charge in [0.05, 0.1) is 19.4 Å². The molecule has 3 aromatic rings. The van der Waals surface area contributed by atoms with E-state index in [-0.39, 0.29) is 0 Å². The number of rotatable bonds is 9. The molecule has 29 heavy (non-hydrogen) atoms. The number of alkyl halides is 1. The van der Waals surface area contributed by atoms with E-state index >= 15 is 0 Å². The van der Waals surface area contributed by atoms with E-state index in [9.17, 15) is 4.39 Å². The summed E-state index contributed by atoms with van der Waals surface area (Å²) in [6, 6.07) is 9.69. The molecule has 0 aliphatic heterocycles. The van der Waals surface area contributed by atoms with E-state index < -0.39 is 6.67 Å². The number of pyridine rings is 1. The van der Waals surface area contributed by atoms with Crippen LogP contribution in [0.2, 0.25) is 0 Å². The number of hydrogen-bond acceptors (Lipinski definition) is 6. The summed E-state index contributed by atoms with van der Waals surface area (Å²) in [5.41, 5.74) is 3.28. The summed E-state index contributed by atoms with van der Waals surface area (Å²) in [5, 5.41) is 4.05. The second-order valence-corrected chi connectivity index (χ2v) is 8.25. The van der Waals surface area contributed by atoms with Gasteiger partial charge < -0.3 is 14.8 Å². The first kappa shape index (κ1) is 21.2. The highest BCUT2D eigenvalue weighted by molar-refractivity contribution is 7.16. The normalized spacial score (nSPS) is 11.1. The second kappa shape index (κ2) is 9.80. The topological polar surface area (TPSA) is 56.3 Å². The van der Waals surface area contributed by atoms with Crippen LogP contribution in [0, 0.1) is 5.92 Å². The van der Waals surface area contributed by atoms with Crippen molar-refractivity contribution in [3.63, 3.8) is 0 Å².